The van der Waals surface area contributed by atoms with Gasteiger partial charge in [-0.15, -0.1) is 0 Å². The lowest BCUT2D eigenvalue weighted by molar-refractivity contribution is 0.170. The molecule has 0 saturated heterocycles. The van der Waals surface area contributed by atoms with Crippen LogP contribution in [-0.2, 0) is 10.3 Å². The monoisotopic (exact) mass is 279 g/mol. The number of rotatable bonds is 2. The van der Waals surface area contributed by atoms with Crippen molar-refractivity contribution >= 4 is 17.7 Å². The number of aliphatic imine (C=N–C) groups is 1. The van der Waals surface area contributed by atoms with Gasteiger partial charge in [0.1, 0.15) is 18.8 Å². The minimum Gasteiger partial charge on any atom is -0.486 e. The Balaban J connectivity index is 2.18. The van der Waals surface area contributed by atoms with Crippen LogP contribution in [0.25, 0.3) is 0 Å². The van der Waals surface area contributed by atoms with E-state index in [4.69, 9.17) is 21.1 Å². The summed E-state index contributed by atoms with van der Waals surface area (Å²) < 4.78 is 11.1. The fraction of sp³-hybridized carbons (Fsp3) is 0.500. The average Bonchev–Trinajstić information content (AvgIpc) is 2.35. The first-order valence-electron chi connectivity index (χ1n) is 6.36. The molecule has 1 fully saturated rings. The Morgan fingerprint density at radius 1 is 1.37 bits per heavy atom. The predicted octanol–water partition coefficient (Wildman–Crippen LogP) is 3.13. The summed E-state index contributed by atoms with van der Waals surface area (Å²) in [5.74, 6) is 1.24. The maximum absolute atomic E-state index is 10.7. The van der Waals surface area contributed by atoms with Crippen molar-refractivity contribution in [1.29, 1.82) is 0 Å². The molecule has 100 valence electrons. The van der Waals surface area contributed by atoms with Gasteiger partial charge in [-0.3, -0.25) is 0 Å². The first-order valence-corrected chi connectivity index (χ1v) is 6.74. The van der Waals surface area contributed by atoms with Gasteiger partial charge >= 0.3 is 0 Å². The Bertz CT molecular complexity index is 575. The molecular weight excluding hydrogens is 266 g/mol. The molecule has 0 amide bonds. The molecule has 3 rings (SSSR count). The minimum atomic E-state index is -0.515. The maximum atomic E-state index is 10.7. The quantitative estimate of drug-likeness (QED) is 0.617. The second-order valence-electron chi connectivity index (χ2n) is 4.99. The van der Waals surface area contributed by atoms with E-state index >= 15 is 0 Å². The number of halogens is 1. The van der Waals surface area contributed by atoms with Crippen LogP contribution >= 0.6 is 11.6 Å². The minimum absolute atomic E-state index is 0.485. The van der Waals surface area contributed by atoms with Gasteiger partial charge in [0.15, 0.2) is 11.5 Å². The Kier molecular flexibility index (Phi) is 3.00. The normalized spacial score (nSPS) is 19.3. The lowest BCUT2D eigenvalue weighted by Crippen LogP contribution is -2.33. The highest BCUT2D eigenvalue weighted by Crippen LogP contribution is 2.52. The van der Waals surface area contributed by atoms with E-state index in [2.05, 4.69) is 4.99 Å². The van der Waals surface area contributed by atoms with Gasteiger partial charge in [0.2, 0.25) is 6.08 Å². The lowest BCUT2D eigenvalue weighted by atomic mass is 9.71. The van der Waals surface area contributed by atoms with Crippen molar-refractivity contribution in [3.05, 3.63) is 22.2 Å². The van der Waals surface area contributed by atoms with E-state index in [1.165, 1.54) is 0 Å². The number of benzene rings is 1. The Labute approximate surface area is 116 Å². The third-order valence-electron chi connectivity index (χ3n) is 3.88. The third kappa shape index (κ3) is 1.83. The van der Waals surface area contributed by atoms with Gasteiger partial charge in [-0.25, -0.2) is 4.79 Å². The van der Waals surface area contributed by atoms with Crippen molar-refractivity contribution in [1.82, 2.24) is 0 Å². The molecule has 0 bridgehead atoms. The fourth-order valence-electron chi connectivity index (χ4n) is 2.85. The number of hydrogen-bond donors (Lipinski definition) is 0. The summed E-state index contributed by atoms with van der Waals surface area (Å²) in [5, 5.41) is 0.522. The van der Waals surface area contributed by atoms with Crippen LogP contribution in [0.2, 0.25) is 5.02 Å². The van der Waals surface area contributed by atoms with Gasteiger partial charge in [0.25, 0.3) is 0 Å². The molecule has 0 N–H and O–H groups in total. The molecule has 19 heavy (non-hydrogen) atoms. The molecule has 1 aliphatic heterocycles. The van der Waals surface area contributed by atoms with Gasteiger partial charge in [0.05, 0.1) is 5.02 Å². The van der Waals surface area contributed by atoms with Crippen molar-refractivity contribution in [2.24, 2.45) is 4.99 Å². The molecule has 0 spiro atoms. The number of aryl methyl sites for hydroxylation is 1. The summed E-state index contributed by atoms with van der Waals surface area (Å²) in [6.07, 6.45) is 4.37. The van der Waals surface area contributed by atoms with E-state index in [1.54, 1.807) is 6.08 Å². The zero-order chi connectivity index (χ0) is 13.5. The van der Waals surface area contributed by atoms with Gasteiger partial charge in [-0.2, -0.15) is 4.99 Å². The summed E-state index contributed by atoms with van der Waals surface area (Å²) >= 11 is 6.47. The summed E-state index contributed by atoms with van der Waals surface area (Å²) in [5.41, 5.74) is 1.35. The van der Waals surface area contributed by atoms with E-state index < -0.39 is 5.54 Å². The molecule has 0 unspecified atom stereocenters. The first kappa shape index (κ1) is 12.5. The van der Waals surface area contributed by atoms with Gasteiger partial charge in [0, 0.05) is 5.56 Å². The van der Waals surface area contributed by atoms with Crippen LogP contribution in [0.1, 0.15) is 30.4 Å². The number of fused-ring (bicyclic) bond motifs is 1. The van der Waals surface area contributed by atoms with E-state index in [-0.39, 0.29) is 0 Å². The summed E-state index contributed by atoms with van der Waals surface area (Å²) in [6, 6.07) is 1.91. The van der Waals surface area contributed by atoms with E-state index in [0.29, 0.717) is 29.7 Å². The Hall–Kier alpha value is -1.51. The van der Waals surface area contributed by atoms with E-state index in [0.717, 1.165) is 30.4 Å². The van der Waals surface area contributed by atoms with Crippen molar-refractivity contribution < 1.29 is 14.3 Å². The van der Waals surface area contributed by atoms with Crippen molar-refractivity contribution in [2.45, 2.75) is 31.7 Å². The second-order valence-corrected chi connectivity index (χ2v) is 5.37. The highest BCUT2D eigenvalue weighted by Gasteiger charge is 2.43. The number of isocyanates is 1. The molecule has 1 aliphatic carbocycles. The zero-order valence-corrected chi connectivity index (χ0v) is 11.4. The lowest BCUT2D eigenvalue weighted by Gasteiger charge is -2.39. The molecule has 5 heteroatoms. The van der Waals surface area contributed by atoms with Crippen LogP contribution in [0.5, 0.6) is 11.5 Å². The molecule has 1 aromatic rings. The standard InChI is InChI=1S/C14H14ClNO3/c1-9-7-10-13(19-6-5-18-10)12(15)11(9)14(16-8-17)3-2-4-14/h7H,2-6H2,1H3. The summed E-state index contributed by atoms with van der Waals surface area (Å²) in [6.45, 7) is 2.97. The number of ether oxygens (including phenoxy) is 2. The second kappa shape index (κ2) is 4.55. The largest absolute Gasteiger partial charge is 0.486 e. The summed E-state index contributed by atoms with van der Waals surface area (Å²) in [7, 11) is 0. The molecule has 4 nitrogen and oxygen atoms in total. The van der Waals surface area contributed by atoms with Crippen LogP contribution in [0.3, 0.4) is 0 Å². The van der Waals surface area contributed by atoms with Gasteiger partial charge in [-0.1, -0.05) is 11.6 Å². The topological polar surface area (TPSA) is 47.9 Å². The molecule has 0 radical (unpaired) electrons. The Morgan fingerprint density at radius 3 is 2.74 bits per heavy atom. The zero-order valence-electron chi connectivity index (χ0n) is 10.7. The van der Waals surface area contributed by atoms with Crippen LogP contribution in [0.4, 0.5) is 0 Å². The molecule has 1 heterocycles. The van der Waals surface area contributed by atoms with Crippen LogP contribution in [0.15, 0.2) is 11.1 Å². The van der Waals surface area contributed by atoms with Crippen LogP contribution < -0.4 is 9.47 Å². The maximum Gasteiger partial charge on any atom is 0.235 e. The predicted molar refractivity (Wildman–Crippen MR) is 70.8 cm³/mol. The van der Waals surface area contributed by atoms with Crippen LogP contribution in [0, 0.1) is 6.92 Å². The SMILES string of the molecule is Cc1cc2c(c(Cl)c1C1(N=C=O)CCC1)OCCO2. The number of hydrogen-bond acceptors (Lipinski definition) is 4. The highest BCUT2D eigenvalue weighted by atomic mass is 35.5. The van der Waals surface area contributed by atoms with Crippen molar-refractivity contribution in [2.75, 3.05) is 13.2 Å². The Morgan fingerprint density at radius 2 is 2.11 bits per heavy atom. The van der Waals surface area contributed by atoms with Gasteiger partial charge in [-0.05, 0) is 37.8 Å². The molecular formula is C14H14ClNO3. The molecule has 1 aromatic carbocycles. The molecule has 0 atom stereocenters. The van der Waals surface area contributed by atoms with Crippen molar-refractivity contribution in [3.8, 4) is 11.5 Å². The van der Waals surface area contributed by atoms with E-state index in [9.17, 15) is 4.79 Å². The van der Waals surface area contributed by atoms with Crippen molar-refractivity contribution in [3.63, 3.8) is 0 Å². The first-order chi connectivity index (χ1) is 9.18. The molecule has 2 aliphatic rings. The smallest absolute Gasteiger partial charge is 0.235 e. The molecule has 0 aromatic heterocycles. The summed E-state index contributed by atoms with van der Waals surface area (Å²) in [4.78, 5) is 14.7. The fourth-order valence-corrected chi connectivity index (χ4v) is 3.33. The third-order valence-corrected chi connectivity index (χ3v) is 4.24. The number of nitrogens with zero attached hydrogens (tertiary/aromatic N) is 1. The molecule has 1 saturated carbocycles. The number of carbonyl (C=O) groups excluding carboxylic acids is 1. The average molecular weight is 280 g/mol. The van der Waals surface area contributed by atoms with E-state index in [1.807, 2.05) is 13.0 Å². The van der Waals surface area contributed by atoms with Gasteiger partial charge < -0.3 is 9.47 Å². The van der Waals surface area contributed by atoms with Crippen LogP contribution in [-0.4, -0.2) is 19.3 Å². The highest BCUT2D eigenvalue weighted by molar-refractivity contribution is 6.33.